The Bertz CT molecular complexity index is 1210. The predicted molar refractivity (Wildman–Crippen MR) is 107 cm³/mol. The van der Waals surface area contributed by atoms with Gasteiger partial charge in [0.15, 0.2) is 5.82 Å². The first-order chi connectivity index (χ1) is 13.4. The normalized spacial score (nSPS) is 11.0. The fraction of sp³-hybridized carbons (Fsp3) is 0.136. The van der Waals surface area contributed by atoms with Crippen LogP contribution in [0.5, 0.6) is 0 Å². The van der Waals surface area contributed by atoms with Crippen molar-refractivity contribution in [2.45, 2.75) is 20.8 Å². The number of anilines is 1. The van der Waals surface area contributed by atoms with Crippen molar-refractivity contribution in [1.82, 2.24) is 14.8 Å². The zero-order valence-corrected chi connectivity index (χ0v) is 15.8. The topological polar surface area (TPSA) is 59.8 Å². The number of aromatic nitrogens is 3. The molecule has 0 radical (unpaired) electrons. The maximum atomic E-state index is 13.9. The van der Waals surface area contributed by atoms with Gasteiger partial charge < -0.3 is 5.32 Å². The van der Waals surface area contributed by atoms with E-state index in [0.29, 0.717) is 17.3 Å². The molecule has 0 spiro atoms. The zero-order chi connectivity index (χ0) is 19.8. The lowest BCUT2D eigenvalue weighted by atomic mass is 10.1. The van der Waals surface area contributed by atoms with Crippen molar-refractivity contribution in [3.05, 3.63) is 82.8 Å². The fourth-order valence-electron chi connectivity index (χ4n) is 3.24. The average Bonchev–Trinajstić information content (AvgIpc) is 3.03. The van der Waals surface area contributed by atoms with Crippen molar-refractivity contribution >= 4 is 22.6 Å². The number of nitrogens with zero attached hydrogens (tertiary/aromatic N) is 3. The molecular formula is C22H19FN4O. The summed E-state index contributed by atoms with van der Waals surface area (Å²) in [6, 6.07) is 15.6. The molecule has 2 aromatic carbocycles. The van der Waals surface area contributed by atoms with Gasteiger partial charge in [-0.25, -0.2) is 9.37 Å². The highest BCUT2D eigenvalue weighted by Crippen LogP contribution is 2.24. The summed E-state index contributed by atoms with van der Waals surface area (Å²) in [6.45, 7) is 5.85. The van der Waals surface area contributed by atoms with E-state index in [2.05, 4.69) is 10.4 Å². The van der Waals surface area contributed by atoms with Crippen molar-refractivity contribution in [1.29, 1.82) is 0 Å². The number of pyridine rings is 1. The number of hydrogen-bond donors (Lipinski definition) is 1. The number of halogens is 1. The van der Waals surface area contributed by atoms with E-state index in [-0.39, 0.29) is 5.56 Å². The van der Waals surface area contributed by atoms with Gasteiger partial charge in [0, 0.05) is 11.5 Å². The highest BCUT2D eigenvalue weighted by atomic mass is 19.1. The molecule has 4 aromatic rings. The second-order valence-corrected chi connectivity index (χ2v) is 6.79. The van der Waals surface area contributed by atoms with Gasteiger partial charge in [0.1, 0.15) is 11.6 Å². The van der Waals surface area contributed by atoms with Crippen LogP contribution in [0.1, 0.15) is 27.2 Å². The Labute approximate surface area is 161 Å². The SMILES string of the molecule is Cc1cc(NC(=O)c2ccccc2F)n(-c2cc(C)c3cccc(C)c3n2)n1. The van der Waals surface area contributed by atoms with Crippen molar-refractivity contribution in [2.75, 3.05) is 5.32 Å². The molecule has 4 rings (SSSR count). The summed E-state index contributed by atoms with van der Waals surface area (Å²) in [7, 11) is 0. The molecule has 0 bridgehead atoms. The van der Waals surface area contributed by atoms with Crippen LogP contribution >= 0.6 is 0 Å². The summed E-state index contributed by atoms with van der Waals surface area (Å²) in [6.07, 6.45) is 0. The molecule has 6 heteroatoms. The van der Waals surface area contributed by atoms with Crippen LogP contribution in [0.4, 0.5) is 10.2 Å². The van der Waals surface area contributed by atoms with E-state index in [0.717, 1.165) is 22.0 Å². The number of para-hydroxylation sites is 1. The van der Waals surface area contributed by atoms with E-state index in [1.807, 2.05) is 45.0 Å². The van der Waals surface area contributed by atoms with Crippen LogP contribution in [-0.2, 0) is 0 Å². The lowest BCUT2D eigenvalue weighted by Gasteiger charge is -2.12. The molecule has 1 N–H and O–H groups in total. The number of fused-ring (bicyclic) bond motifs is 1. The molecule has 2 heterocycles. The largest absolute Gasteiger partial charge is 0.306 e. The number of amides is 1. The Morgan fingerprint density at radius 2 is 1.79 bits per heavy atom. The lowest BCUT2D eigenvalue weighted by molar-refractivity contribution is 0.102. The summed E-state index contributed by atoms with van der Waals surface area (Å²) in [5.41, 5.74) is 3.70. The number of benzene rings is 2. The minimum atomic E-state index is -0.571. The van der Waals surface area contributed by atoms with Crippen molar-refractivity contribution in [3.63, 3.8) is 0 Å². The molecule has 2 aromatic heterocycles. The second-order valence-electron chi connectivity index (χ2n) is 6.79. The third kappa shape index (κ3) is 3.13. The first-order valence-corrected chi connectivity index (χ1v) is 8.94. The molecule has 0 unspecified atom stereocenters. The molecule has 0 saturated heterocycles. The maximum Gasteiger partial charge on any atom is 0.259 e. The Kier molecular flexibility index (Phi) is 4.39. The van der Waals surface area contributed by atoms with Crippen molar-refractivity contribution in [3.8, 4) is 5.82 Å². The van der Waals surface area contributed by atoms with Crippen molar-refractivity contribution in [2.24, 2.45) is 0 Å². The molecule has 0 fully saturated rings. The highest BCUT2D eigenvalue weighted by Gasteiger charge is 2.16. The van der Waals surface area contributed by atoms with Gasteiger partial charge in [-0.05, 0) is 50.1 Å². The first-order valence-electron chi connectivity index (χ1n) is 8.94. The molecule has 0 aliphatic carbocycles. The van der Waals surface area contributed by atoms with E-state index in [1.54, 1.807) is 22.9 Å². The fourth-order valence-corrected chi connectivity index (χ4v) is 3.24. The number of rotatable bonds is 3. The molecule has 0 atom stereocenters. The predicted octanol–water partition coefficient (Wildman–Crippen LogP) is 4.74. The molecule has 5 nitrogen and oxygen atoms in total. The third-order valence-corrected chi connectivity index (χ3v) is 4.64. The number of hydrogen-bond acceptors (Lipinski definition) is 3. The van der Waals surface area contributed by atoms with Gasteiger partial charge in [-0.15, -0.1) is 0 Å². The van der Waals surface area contributed by atoms with Crippen LogP contribution in [-0.4, -0.2) is 20.7 Å². The monoisotopic (exact) mass is 374 g/mol. The number of aryl methyl sites for hydroxylation is 3. The highest BCUT2D eigenvalue weighted by molar-refractivity contribution is 6.04. The van der Waals surface area contributed by atoms with Gasteiger partial charge in [0.25, 0.3) is 5.91 Å². The van der Waals surface area contributed by atoms with Crippen LogP contribution in [0.25, 0.3) is 16.7 Å². The molecule has 0 aliphatic heterocycles. The van der Waals surface area contributed by atoms with Crippen LogP contribution in [0, 0.1) is 26.6 Å². The minimum Gasteiger partial charge on any atom is -0.306 e. The summed E-state index contributed by atoms with van der Waals surface area (Å²) in [5.74, 6) is -0.0761. The van der Waals surface area contributed by atoms with Gasteiger partial charge in [0.05, 0.1) is 16.8 Å². The molecule has 28 heavy (non-hydrogen) atoms. The van der Waals surface area contributed by atoms with E-state index in [9.17, 15) is 9.18 Å². The van der Waals surface area contributed by atoms with Crippen molar-refractivity contribution < 1.29 is 9.18 Å². The van der Waals surface area contributed by atoms with Crippen LogP contribution in [0.15, 0.2) is 54.6 Å². The smallest absolute Gasteiger partial charge is 0.259 e. The summed E-state index contributed by atoms with van der Waals surface area (Å²) in [5, 5.41) is 8.30. The molecular weight excluding hydrogens is 355 g/mol. The number of carbonyl (C=O) groups is 1. The van der Waals surface area contributed by atoms with E-state index >= 15 is 0 Å². The molecule has 140 valence electrons. The number of carbonyl (C=O) groups excluding carboxylic acids is 1. The lowest BCUT2D eigenvalue weighted by Crippen LogP contribution is -2.17. The quantitative estimate of drug-likeness (QED) is 0.564. The van der Waals surface area contributed by atoms with Gasteiger partial charge in [-0.1, -0.05) is 30.3 Å². The Balaban J connectivity index is 1.78. The van der Waals surface area contributed by atoms with Crippen LogP contribution in [0.3, 0.4) is 0 Å². The molecule has 0 saturated carbocycles. The van der Waals surface area contributed by atoms with Gasteiger partial charge in [-0.3, -0.25) is 4.79 Å². The summed E-state index contributed by atoms with van der Waals surface area (Å²) >= 11 is 0. The van der Waals surface area contributed by atoms with Crippen LogP contribution < -0.4 is 5.32 Å². The Morgan fingerprint density at radius 1 is 1.00 bits per heavy atom. The standard InChI is InChI=1S/C22H19FN4O/c1-13-7-6-9-16-14(2)11-19(24-21(13)16)27-20(12-15(3)26-27)25-22(28)17-8-4-5-10-18(17)23/h4-12H,1-3H3,(H,25,28). The molecule has 1 amide bonds. The third-order valence-electron chi connectivity index (χ3n) is 4.64. The van der Waals surface area contributed by atoms with E-state index in [4.69, 9.17) is 4.98 Å². The first kappa shape index (κ1) is 17.9. The maximum absolute atomic E-state index is 13.9. The zero-order valence-electron chi connectivity index (χ0n) is 15.8. The second kappa shape index (κ2) is 6.88. The Morgan fingerprint density at radius 3 is 2.57 bits per heavy atom. The minimum absolute atomic E-state index is 0.0219. The van der Waals surface area contributed by atoms with E-state index in [1.165, 1.54) is 12.1 Å². The van der Waals surface area contributed by atoms with Gasteiger partial charge in [-0.2, -0.15) is 9.78 Å². The average molecular weight is 374 g/mol. The summed E-state index contributed by atoms with van der Waals surface area (Å²) in [4.78, 5) is 17.3. The van der Waals surface area contributed by atoms with Crippen LogP contribution in [0.2, 0.25) is 0 Å². The summed E-state index contributed by atoms with van der Waals surface area (Å²) < 4.78 is 15.5. The molecule has 0 aliphatic rings. The van der Waals surface area contributed by atoms with Gasteiger partial charge in [0.2, 0.25) is 0 Å². The Hall–Kier alpha value is -3.54. The van der Waals surface area contributed by atoms with E-state index < -0.39 is 11.7 Å². The van der Waals surface area contributed by atoms with Gasteiger partial charge >= 0.3 is 0 Å². The number of nitrogens with one attached hydrogen (secondary N) is 1.